The number of carbonyl (C=O) groups excluding carboxylic acids is 2. The van der Waals surface area contributed by atoms with Crippen LogP contribution >= 0.6 is 0 Å². The lowest BCUT2D eigenvalue weighted by molar-refractivity contribution is -0.137. The molecule has 2 aliphatic rings. The SMILES string of the molecule is CC1CCCC1(O)CNC(=O)C(CCC(=O)O)NC(=O)OCC1c2ccccc2-c2ccccc21. The van der Waals surface area contributed by atoms with E-state index in [4.69, 9.17) is 9.84 Å². The summed E-state index contributed by atoms with van der Waals surface area (Å²) in [6, 6.07) is 14.9. The Balaban J connectivity index is 1.38. The number of carbonyl (C=O) groups is 3. The molecule has 2 aliphatic carbocycles. The van der Waals surface area contributed by atoms with Crippen molar-refractivity contribution in [3.63, 3.8) is 0 Å². The number of rotatable bonds is 9. The standard InChI is InChI=1S/C27H32N2O6/c1-17-7-6-14-27(17,34)16-28-25(32)23(12-13-24(30)31)29-26(33)35-15-22-20-10-4-2-8-18(20)19-9-3-5-11-21(19)22/h2-5,8-11,17,22-23,34H,6-7,12-16H2,1H3,(H,28,32)(H,29,33)(H,30,31). The number of amides is 2. The van der Waals surface area contributed by atoms with Crippen molar-refractivity contribution in [3.05, 3.63) is 59.7 Å². The number of ether oxygens (including phenoxy) is 1. The van der Waals surface area contributed by atoms with Gasteiger partial charge in [-0.1, -0.05) is 61.9 Å². The molecule has 0 saturated heterocycles. The maximum Gasteiger partial charge on any atom is 0.407 e. The van der Waals surface area contributed by atoms with Crippen molar-refractivity contribution in [3.8, 4) is 11.1 Å². The van der Waals surface area contributed by atoms with Gasteiger partial charge < -0.3 is 25.6 Å². The minimum Gasteiger partial charge on any atom is -0.481 e. The largest absolute Gasteiger partial charge is 0.481 e. The van der Waals surface area contributed by atoms with Crippen LogP contribution in [0, 0.1) is 5.92 Å². The Morgan fingerprint density at radius 3 is 2.29 bits per heavy atom. The number of alkyl carbamates (subject to hydrolysis) is 1. The van der Waals surface area contributed by atoms with E-state index in [0.717, 1.165) is 35.1 Å². The number of carboxylic acid groups (broad SMARTS) is 1. The van der Waals surface area contributed by atoms with Crippen LogP contribution in [-0.2, 0) is 14.3 Å². The van der Waals surface area contributed by atoms with Gasteiger partial charge >= 0.3 is 12.1 Å². The molecule has 0 bridgehead atoms. The third-order valence-corrected chi connectivity index (χ3v) is 7.33. The van der Waals surface area contributed by atoms with E-state index in [9.17, 15) is 19.5 Å². The Morgan fingerprint density at radius 2 is 1.71 bits per heavy atom. The Kier molecular flexibility index (Phi) is 7.40. The molecule has 0 radical (unpaired) electrons. The summed E-state index contributed by atoms with van der Waals surface area (Å²) >= 11 is 0. The number of aliphatic carboxylic acids is 1. The van der Waals surface area contributed by atoms with Crippen LogP contribution in [0.25, 0.3) is 11.1 Å². The average molecular weight is 481 g/mol. The van der Waals surface area contributed by atoms with Gasteiger partial charge in [-0.2, -0.15) is 0 Å². The Hall–Kier alpha value is -3.39. The zero-order valence-corrected chi connectivity index (χ0v) is 19.8. The van der Waals surface area contributed by atoms with Crippen molar-refractivity contribution in [1.29, 1.82) is 0 Å². The summed E-state index contributed by atoms with van der Waals surface area (Å²) in [5.74, 6) is -1.68. The third-order valence-electron chi connectivity index (χ3n) is 7.33. The first-order valence-corrected chi connectivity index (χ1v) is 12.1. The second-order valence-electron chi connectivity index (χ2n) is 9.57. The zero-order valence-electron chi connectivity index (χ0n) is 19.8. The smallest absolute Gasteiger partial charge is 0.407 e. The maximum atomic E-state index is 12.8. The van der Waals surface area contributed by atoms with Crippen molar-refractivity contribution in [1.82, 2.24) is 10.6 Å². The van der Waals surface area contributed by atoms with Crippen LogP contribution in [0.15, 0.2) is 48.5 Å². The fourth-order valence-corrected chi connectivity index (χ4v) is 5.17. The molecule has 1 fully saturated rings. The molecule has 0 heterocycles. The Bertz CT molecular complexity index is 1060. The minimum absolute atomic E-state index is 0.0513. The van der Waals surface area contributed by atoms with Crippen LogP contribution < -0.4 is 10.6 Å². The normalized spacial score (nSPS) is 21.6. The molecule has 2 amide bonds. The monoisotopic (exact) mass is 480 g/mol. The van der Waals surface area contributed by atoms with Crippen molar-refractivity contribution in [2.75, 3.05) is 13.2 Å². The van der Waals surface area contributed by atoms with Crippen molar-refractivity contribution in [2.24, 2.45) is 5.92 Å². The fraction of sp³-hybridized carbons (Fsp3) is 0.444. The topological polar surface area (TPSA) is 125 Å². The lowest BCUT2D eigenvalue weighted by Gasteiger charge is -2.29. The maximum absolute atomic E-state index is 12.8. The number of aliphatic hydroxyl groups is 1. The molecule has 2 aromatic rings. The van der Waals surface area contributed by atoms with Gasteiger partial charge in [0.25, 0.3) is 0 Å². The van der Waals surface area contributed by atoms with Crippen LogP contribution in [0.3, 0.4) is 0 Å². The number of hydrogen-bond acceptors (Lipinski definition) is 5. The van der Waals surface area contributed by atoms with Crippen molar-refractivity contribution in [2.45, 2.75) is 56.6 Å². The lowest BCUT2D eigenvalue weighted by Crippen LogP contribution is -2.52. The lowest BCUT2D eigenvalue weighted by atomic mass is 9.92. The molecule has 4 N–H and O–H groups in total. The molecule has 1 saturated carbocycles. The van der Waals surface area contributed by atoms with E-state index in [0.29, 0.717) is 6.42 Å². The second kappa shape index (κ2) is 10.5. The van der Waals surface area contributed by atoms with E-state index in [1.807, 2.05) is 55.5 Å². The highest BCUT2D eigenvalue weighted by Crippen LogP contribution is 2.44. The summed E-state index contributed by atoms with van der Waals surface area (Å²) in [4.78, 5) is 36.5. The molecule has 186 valence electrons. The summed E-state index contributed by atoms with van der Waals surface area (Å²) < 4.78 is 5.52. The number of fused-ring (bicyclic) bond motifs is 3. The molecular weight excluding hydrogens is 448 g/mol. The third kappa shape index (κ3) is 5.48. The van der Waals surface area contributed by atoms with Gasteiger partial charge in [0.15, 0.2) is 0 Å². The second-order valence-corrected chi connectivity index (χ2v) is 9.57. The molecule has 0 spiro atoms. The molecular formula is C27H32N2O6. The molecule has 0 aromatic heterocycles. The van der Waals surface area contributed by atoms with Gasteiger partial charge in [-0.3, -0.25) is 9.59 Å². The van der Waals surface area contributed by atoms with Gasteiger partial charge in [-0.05, 0) is 47.4 Å². The summed E-state index contributed by atoms with van der Waals surface area (Å²) in [6.45, 7) is 2.09. The van der Waals surface area contributed by atoms with Gasteiger partial charge in [-0.25, -0.2) is 4.79 Å². The molecule has 3 unspecified atom stereocenters. The van der Waals surface area contributed by atoms with Crippen molar-refractivity contribution >= 4 is 18.0 Å². The van der Waals surface area contributed by atoms with Crippen LogP contribution in [0.2, 0.25) is 0 Å². The van der Waals surface area contributed by atoms with Gasteiger partial charge in [0.2, 0.25) is 5.91 Å². The predicted molar refractivity (Wildman–Crippen MR) is 130 cm³/mol. The highest BCUT2D eigenvalue weighted by Gasteiger charge is 2.39. The molecule has 4 rings (SSSR count). The number of carboxylic acids is 1. The molecule has 2 aromatic carbocycles. The van der Waals surface area contributed by atoms with Gasteiger partial charge in [0.1, 0.15) is 12.6 Å². The predicted octanol–water partition coefficient (Wildman–Crippen LogP) is 3.43. The molecule has 35 heavy (non-hydrogen) atoms. The van der Waals surface area contributed by atoms with E-state index >= 15 is 0 Å². The van der Waals surface area contributed by atoms with Crippen LogP contribution in [0.5, 0.6) is 0 Å². The first-order valence-electron chi connectivity index (χ1n) is 12.1. The first-order chi connectivity index (χ1) is 16.8. The summed E-state index contributed by atoms with van der Waals surface area (Å²) in [6.07, 6.45) is 1.20. The number of nitrogens with one attached hydrogen (secondary N) is 2. The van der Waals surface area contributed by atoms with E-state index in [2.05, 4.69) is 10.6 Å². The summed E-state index contributed by atoms with van der Waals surface area (Å²) in [5, 5.41) is 25.0. The fourth-order valence-electron chi connectivity index (χ4n) is 5.17. The molecule has 8 heteroatoms. The highest BCUT2D eigenvalue weighted by molar-refractivity contribution is 5.86. The summed E-state index contributed by atoms with van der Waals surface area (Å²) in [7, 11) is 0. The zero-order chi connectivity index (χ0) is 25.0. The Labute approximate surface area is 204 Å². The molecule has 8 nitrogen and oxygen atoms in total. The van der Waals surface area contributed by atoms with Crippen molar-refractivity contribution < 1.29 is 29.3 Å². The van der Waals surface area contributed by atoms with E-state index in [-0.39, 0.29) is 37.8 Å². The first kappa shape index (κ1) is 24.7. The summed E-state index contributed by atoms with van der Waals surface area (Å²) in [5.41, 5.74) is 3.36. The molecule has 0 aliphatic heterocycles. The van der Waals surface area contributed by atoms with E-state index in [1.54, 1.807) is 0 Å². The average Bonchev–Trinajstić information content (AvgIpc) is 3.35. The van der Waals surface area contributed by atoms with Crippen LogP contribution in [0.4, 0.5) is 4.79 Å². The molecule has 3 atom stereocenters. The number of benzene rings is 2. The van der Waals surface area contributed by atoms with Crippen LogP contribution in [-0.4, -0.2) is 53.0 Å². The minimum atomic E-state index is -1.08. The van der Waals surface area contributed by atoms with Gasteiger partial charge in [0.05, 0.1) is 5.60 Å². The quantitative estimate of drug-likeness (QED) is 0.436. The van der Waals surface area contributed by atoms with Gasteiger partial charge in [-0.15, -0.1) is 0 Å². The van der Waals surface area contributed by atoms with E-state index < -0.39 is 29.6 Å². The van der Waals surface area contributed by atoms with Gasteiger partial charge in [0, 0.05) is 18.9 Å². The number of hydrogen-bond donors (Lipinski definition) is 4. The van der Waals surface area contributed by atoms with Crippen LogP contribution in [0.1, 0.15) is 56.1 Å². The highest BCUT2D eigenvalue weighted by atomic mass is 16.5. The van der Waals surface area contributed by atoms with E-state index in [1.165, 1.54) is 0 Å². The Morgan fingerprint density at radius 1 is 1.09 bits per heavy atom.